The Hall–Kier alpha value is -4.24. The van der Waals surface area contributed by atoms with Crippen LogP contribution in [0.2, 0.25) is 0 Å². The molecule has 2 aliphatic rings. The molecule has 1 fully saturated rings. The van der Waals surface area contributed by atoms with Crippen LogP contribution in [0.3, 0.4) is 0 Å². The van der Waals surface area contributed by atoms with Crippen molar-refractivity contribution in [3.8, 4) is 45.8 Å². The summed E-state index contributed by atoms with van der Waals surface area (Å²) in [6.07, 6.45) is -9.87. The SMILES string of the molecule is COc1ccc(-c2oc3cc4c(c(O)c3c(=O)c2OC2OC(C(=O)O)C(O)C(O)C2O)OCO4)cc1OC. The van der Waals surface area contributed by atoms with Crippen molar-refractivity contribution in [1.82, 2.24) is 0 Å². The first-order valence-electron chi connectivity index (χ1n) is 11.1. The number of ether oxygens (including phenoxy) is 6. The summed E-state index contributed by atoms with van der Waals surface area (Å²) in [5.74, 6) is -2.46. The number of phenolic OH excluding ortho intramolecular Hbond substituents is 1. The number of aliphatic hydroxyl groups is 3. The highest BCUT2D eigenvalue weighted by Crippen LogP contribution is 2.47. The van der Waals surface area contributed by atoms with Gasteiger partial charge in [-0.15, -0.1) is 0 Å². The van der Waals surface area contributed by atoms with Gasteiger partial charge in [0.25, 0.3) is 0 Å². The van der Waals surface area contributed by atoms with E-state index in [0.29, 0.717) is 5.75 Å². The molecular formula is C24H22O14. The Labute approximate surface area is 212 Å². The molecule has 5 N–H and O–H groups in total. The number of carboxylic acid groups (broad SMARTS) is 1. The average Bonchev–Trinajstić information content (AvgIpc) is 3.38. The molecule has 1 saturated heterocycles. The van der Waals surface area contributed by atoms with Gasteiger partial charge in [-0.1, -0.05) is 0 Å². The Morgan fingerprint density at radius 2 is 1.74 bits per heavy atom. The maximum absolute atomic E-state index is 13.7. The van der Waals surface area contributed by atoms with E-state index in [1.54, 1.807) is 0 Å². The molecular weight excluding hydrogens is 512 g/mol. The summed E-state index contributed by atoms with van der Waals surface area (Å²) in [6.45, 7) is -0.210. The predicted octanol–water partition coefficient (Wildman–Crippen LogP) is 0.182. The highest BCUT2D eigenvalue weighted by Gasteiger charge is 2.48. The van der Waals surface area contributed by atoms with Gasteiger partial charge in [0.2, 0.25) is 30.0 Å². The van der Waals surface area contributed by atoms with Gasteiger partial charge in [-0.25, -0.2) is 4.79 Å². The van der Waals surface area contributed by atoms with Crippen LogP contribution in [-0.4, -0.2) is 83.2 Å². The first-order chi connectivity index (χ1) is 18.2. The molecule has 0 aliphatic carbocycles. The third kappa shape index (κ3) is 3.99. The van der Waals surface area contributed by atoms with Crippen LogP contribution in [0.4, 0.5) is 0 Å². The Morgan fingerprint density at radius 1 is 1.00 bits per heavy atom. The Morgan fingerprint density at radius 3 is 2.42 bits per heavy atom. The number of hydrogen-bond donors (Lipinski definition) is 5. The molecule has 202 valence electrons. The maximum atomic E-state index is 13.7. The number of fused-ring (bicyclic) bond motifs is 2. The topological polar surface area (TPSA) is 204 Å². The van der Waals surface area contributed by atoms with E-state index >= 15 is 0 Å². The highest BCUT2D eigenvalue weighted by molar-refractivity contribution is 5.91. The van der Waals surface area contributed by atoms with Gasteiger partial charge in [0, 0.05) is 11.6 Å². The van der Waals surface area contributed by atoms with E-state index in [1.165, 1.54) is 38.5 Å². The first kappa shape index (κ1) is 25.4. The second-order valence-corrected chi connectivity index (χ2v) is 8.34. The molecule has 0 radical (unpaired) electrons. The van der Waals surface area contributed by atoms with Gasteiger partial charge in [-0.05, 0) is 18.2 Å². The van der Waals surface area contributed by atoms with Crippen molar-refractivity contribution >= 4 is 16.9 Å². The molecule has 14 heteroatoms. The third-order valence-corrected chi connectivity index (χ3v) is 6.15. The lowest BCUT2D eigenvalue weighted by Crippen LogP contribution is -2.61. The van der Waals surface area contributed by atoms with E-state index in [-0.39, 0.29) is 46.3 Å². The smallest absolute Gasteiger partial charge is 0.335 e. The van der Waals surface area contributed by atoms with Gasteiger partial charge in [0.05, 0.1) is 14.2 Å². The zero-order chi connectivity index (χ0) is 27.3. The lowest BCUT2D eigenvalue weighted by molar-refractivity contribution is -0.271. The van der Waals surface area contributed by atoms with Crippen molar-refractivity contribution in [3.63, 3.8) is 0 Å². The number of aliphatic hydroxyl groups excluding tert-OH is 3. The van der Waals surface area contributed by atoms with Gasteiger partial charge >= 0.3 is 5.97 Å². The van der Waals surface area contributed by atoms with E-state index in [2.05, 4.69) is 0 Å². The monoisotopic (exact) mass is 534 g/mol. The molecule has 0 spiro atoms. The number of methoxy groups -OCH3 is 2. The maximum Gasteiger partial charge on any atom is 0.335 e. The molecule has 5 unspecified atom stereocenters. The number of carbonyl (C=O) groups is 1. The largest absolute Gasteiger partial charge is 0.504 e. The number of phenols is 1. The average molecular weight is 534 g/mol. The molecule has 1 aromatic heterocycles. The van der Waals surface area contributed by atoms with Crippen LogP contribution in [0.15, 0.2) is 33.5 Å². The molecule has 3 aromatic rings. The van der Waals surface area contributed by atoms with E-state index in [4.69, 9.17) is 32.8 Å². The van der Waals surface area contributed by atoms with Crippen LogP contribution in [-0.2, 0) is 9.53 Å². The summed E-state index contributed by atoms with van der Waals surface area (Å²) in [5.41, 5.74) is -0.845. The fourth-order valence-electron chi connectivity index (χ4n) is 4.22. The molecule has 38 heavy (non-hydrogen) atoms. The summed E-state index contributed by atoms with van der Waals surface area (Å²) in [5, 5.41) is 50.4. The second-order valence-electron chi connectivity index (χ2n) is 8.34. The lowest BCUT2D eigenvalue weighted by Gasteiger charge is -2.38. The van der Waals surface area contributed by atoms with Crippen molar-refractivity contribution < 1.29 is 63.2 Å². The minimum atomic E-state index is -1.99. The van der Waals surface area contributed by atoms with Crippen LogP contribution >= 0.6 is 0 Å². The summed E-state index contributed by atoms with van der Waals surface area (Å²) in [6, 6.07) is 5.81. The zero-order valence-electron chi connectivity index (χ0n) is 19.8. The van der Waals surface area contributed by atoms with Gasteiger partial charge in [0.15, 0.2) is 34.9 Å². The summed E-state index contributed by atoms with van der Waals surface area (Å²) in [7, 11) is 2.81. The normalized spacial score (nSPS) is 24.3. The molecule has 2 aliphatic heterocycles. The molecule has 0 saturated carbocycles. The van der Waals surface area contributed by atoms with Crippen LogP contribution in [0.1, 0.15) is 0 Å². The van der Waals surface area contributed by atoms with Crippen molar-refractivity contribution in [2.45, 2.75) is 30.7 Å². The van der Waals surface area contributed by atoms with Gasteiger partial charge in [0.1, 0.15) is 29.3 Å². The molecule has 2 aromatic carbocycles. The van der Waals surface area contributed by atoms with Gasteiger partial charge in [-0.2, -0.15) is 0 Å². The first-order valence-corrected chi connectivity index (χ1v) is 11.1. The molecule has 5 rings (SSSR count). The molecule has 5 atom stereocenters. The van der Waals surface area contributed by atoms with Crippen molar-refractivity contribution in [1.29, 1.82) is 0 Å². The minimum Gasteiger partial charge on any atom is -0.504 e. The molecule has 0 amide bonds. The third-order valence-electron chi connectivity index (χ3n) is 6.15. The van der Waals surface area contributed by atoms with Crippen LogP contribution in [0.25, 0.3) is 22.3 Å². The van der Waals surface area contributed by atoms with Crippen molar-refractivity contribution in [2.24, 2.45) is 0 Å². The summed E-state index contributed by atoms with van der Waals surface area (Å²) >= 11 is 0. The molecule has 0 bridgehead atoms. The van der Waals surface area contributed by atoms with Crippen molar-refractivity contribution in [3.05, 3.63) is 34.5 Å². The van der Waals surface area contributed by atoms with E-state index in [0.717, 1.165) is 0 Å². The standard InChI is InChI=1S/C24H22O14/c1-32-9-4-3-8(5-10(9)33-2)19-21(37-24-18(29)16(27)17(28)22(38-24)23(30)31)15(26)13-11(36-19)6-12-20(14(13)25)35-7-34-12/h3-6,16-18,22,24-25,27-29H,7H2,1-2H3,(H,30,31). The minimum absolute atomic E-state index is 0.104. The lowest BCUT2D eigenvalue weighted by atomic mass is 9.99. The fourth-order valence-corrected chi connectivity index (χ4v) is 4.22. The zero-order valence-corrected chi connectivity index (χ0v) is 19.8. The molecule has 3 heterocycles. The van der Waals surface area contributed by atoms with Crippen LogP contribution < -0.4 is 29.1 Å². The van der Waals surface area contributed by atoms with Gasteiger partial charge < -0.3 is 58.4 Å². The van der Waals surface area contributed by atoms with E-state index in [9.17, 15) is 35.1 Å². The van der Waals surface area contributed by atoms with Crippen LogP contribution in [0.5, 0.6) is 34.5 Å². The summed E-state index contributed by atoms with van der Waals surface area (Å²) in [4.78, 5) is 25.2. The quantitative estimate of drug-likeness (QED) is 0.286. The van der Waals surface area contributed by atoms with Crippen molar-refractivity contribution in [2.75, 3.05) is 21.0 Å². The Bertz CT molecular complexity index is 1460. The number of rotatable bonds is 6. The number of benzene rings is 2. The molecule has 14 nitrogen and oxygen atoms in total. The number of carboxylic acids is 1. The fraction of sp³-hybridized carbons (Fsp3) is 0.333. The van der Waals surface area contributed by atoms with E-state index in [1.807, 2.05) is 0 Å². The van der Waals surface area contributed by atoms with Crippen LogP contribution in [0, 0.1) is 0 Å². The van der Waals surface area contributed by atoms with Gasteiger partial charge in [-0.3, -0.25) is 4.79 Å². The Kier molecular flexibility index (Phi) is 6.40. The highest BCUT2D eigenvalue weighted by atomic mass is 16.7. The second kappa shape index (κ2) is 9.57. The Balaban J connectivity index is 1.71. The summed E-state index contributed by atoms with van der Waals surface area (Å²) < 4.78 is 37.8. The number of aromatic hydroxyl groups is 1. The predicted molar refractivity (Wildman–Crippen MR) is 124 cm³/mol. The number of aliphatic carboxylic acids is 1. The van der Waals surface area contributed by atoms with E-state index < -0.39 is 53.6 Å². The number of hydrogen-bond acceptors (Lipinski definition) is 13.